The van der Waals surface area contributed by atoms with Crippen LogP contribution in [-0.2, 0) is 6.61 Å². The number of aromatic carboxylic acids is 1. The Hall–Kier alpha value is -2.02. The maximum Gasteiger partial charge on any atom is 0.335 e. The van der Waals surface area contributed by atoms with Gasteiger partial charge in [-0.2, -0.15) is 0 Å². The lowest BCUT2D eigenvalue weighted by Gasteiger charge is -2.07. The molecule has 94 valence electrons. The van der Waals surface area contributed by atoms with Gasteiger partial charge >= 0.3 is 5.97 Å². The highest BCUT2D eigenvalue weighted by atomic mass is 32.1. The monoisotopic (exact) mass is 271 g/mol. The number of carbonyl (C=O) groups is 1. The quantitative estimate of drug-likeness (QED) is 0.928. The first-order chi connectivity index (χ1) is 8.58. The van der Waals surface area contributed by atoms with Crippen LogP contribution in [0, 0.1) is 11.6 Å². The van der Waals surface area contributed by atoms with Crippen molar-refractivity contribution in [2.75, 3.05) is 0 Å². The van der Waals surface area contributed by atoms with Crippen LogP contribution < -0.4 is 4.74 Å². The van der Waals surface area contributed by atoms with Gasteiger partial charge in [0.05, 0.1) is 5.56 Å². The van der Waals surface area contributed by atoms with E-state index in [9.17, 15) is 13.6 Å². The maximum atomic E-state index is 13.5. The molecule has 4 nitrogen and oxygen atoms in total. The van der Waals surface area contributed by atoms with Crippen molar-refractivity contribution >= 4 is 17.3 Å². The van der Waals surface area contributed by atoms with Crippen molar-refractivity contribution in [2.24, 2.45) is 0 Å². The Bertz CT molecular complexity index is 549. The molecule has 1 N–H and O–H groups in total. The standard InChI is InChI=1S/C11H7F2NO3S/c12-7-3-6(11(15)16)4-8(13)10(7)17-5-9-14-1-2-18-9/h1-4H,5H2,(H,15,16). The third-order valence-corrected chi connectivity index (χ3v) is 2.82. The molecule has 0 bridgehead atoms. The lowest BCUT2D eigenvalue weighted by Crippen LogP contribution is -2.03. The first kappa shape index (κ1) is 12.4. The molecule has 0 spiro atoms. The molecule has 2 aromatic rings. The number of aromatic nitrogens is 1. The zero-order valence-corrected chi connectivity index (χ0v) is 9.71. The van der Waals surface area contributed by atoms with E-state index >= 15 is 0 Å². The van der Waals surface area contributed by atoms with E-state index in [1.165, 1.54) is 11.3 Å². The summed E-state index contributed by atoms with van der Waals surface area (Å²) >= 11 is 1.29. The number of rotatable bonds is 4. The fourth-order valence-corrected chi connectivity index (χ4v) is 1.81. The van der Waals surface area contributed by atoms with E-state index in [4.69, 9.17) is 9.84 Å². The number of carboxylic acid groups (broad SMARTS) is 1. The molecule has 18 heavy (non-hydrogen) atoms. The highest BCUT2D eigenvalue weighted by molar-refractivity contribution is 7.09. The number of nitrogens with zero attached hydrogens (tertiary/aromatic N) is 1. The van der Waals surface area contributed by atoms with Gasteiger partial charge in [-0.05, 0) is 12.1 Å². The van der Waals surface area contributed by atoms with Gasteiger partial charge < -0.3 is 9.84 Å². The van der Waals surface area contributed by atoms with E-state index < -0.39 is 28.9 Å². The first-order valence-electron chi connectivity index (χ1n) is 4.81. The lowest BCUT2D eigenvalue weighted by atomic mass is 10.2. The number of hydrogen-bond donors (Lipinski definition) is 1. The summed E-state index contributed by atoms with van der Waals surface area (Å²) in [6.07, 6.45) is 1.55. The van der Waals surface area contributed by atoms with Crippen molar-refractivity contribution < 1.29 is 23.4 Å². The van der Waals surface area contributed by atoms with Crippen molar-refractivity contribution in [3.8, 4) is 5.75 Å². The number of ether oxygens (including phenoxy) is 1. The number of benzene rings is 1. The predicted molar refractivity (Wildman–Crippen MR) is 59.8 cm³/mol. The summed E-state index contributed by atoms with van der Waals surface area (Å²) in [5, 5.41) is 10.9. The molecule has 1 aromatic heterocycles. The van der Waals surface area contributed by atoms with Gasteiger partial charge in [-0.15, -0.1) is 11.3 Å². The molecular weight excluding hydrogens is 264 g/mol. The van der Waals surface area contributed by atoms with Gasteiger partial charge in [0.2, 0.25) is 0 Å². The molecule has 0 atom stereocenters. The summed E-state index contributed by atoms with van der Waals surface area (Å²) in [5.41, 5.74) is -0.466. The van der Waals surface area contributed by atoms with Gasteiger partial charge in [-0.25, -0.2) is 18.6 Å². The Morgan fingerprint density at radius 3 is 2.56 bits per heavy atom. The highest BCUT2D eigenvalue weighted by Gasteiger charge is 2.16. The fraction of sp³-hybridized carbons (Fsp3) is 0.0909. The summed E-state index contributed by atoms with van der Waals surface area (Å²) in [4.78, 5) is 14.5. The smallest absolute Gasteiger partial charge is 0.335 e. The number of hydrogen-bond acceptors (Lipinski definition) is 4. The summed E-state index contributed by atoms with van der Waals surface area (Å²) in [7, 11) is 0. The van der Waals surface area contributed by atoms with Crippen molar-refractivity contribution in [1.29, 1.82) is 0 Å². The van der Waals surface area contributed by atoms with Crippen molar-refractivity contribution in [3.05, 3.63) is 45.9 Å². The minimum absolute atomic E-state index is 0.0715. The third kappa shape index (κ3) is 2.62. The molecule has 0 aliphatic carbocycles. The number of halogens is 2. The average molecular weight is 271 g/mol. The summed E-state index contributed by atoms with van der Waals surface area (Å²) in [6.45, 7) is -0.0715. The predicted octanol–water partition coefficient (Wildman–Crippen LogP) is 2.70. The average Bonchev–Trinajstić information content (AvgIpc) is 2.80. The Morgan fingerprint density at radius 2 is 2.06 bits per heavy atom. The van der Waals surface area contributed by atoms with E-state index in [0.29, 0.717) is 17.1 Å². The second-order valence-electron chi connectivity index (χ2n) is 3.29. The Balaban J connectivity index is 2.20. The zero-order valence-electron chi connectivity index (χ0n) is 8.89. The van der Waals surface area contributed by atoms with Gasteiger partial charge in [-0.1, -0.05) is 0 Å². The van der Waals surface area contributed by atoms with E-state index in [2.05, 4.69) is 4.98 Å². The van der Waals surface area contributed by atoms with E-state index in [1.807, 2.05) is 0 Å². The normalized spacial score (nSPS) is 10.3. The van der Waals surface area contributed by atoms with Gasteiger partial charge in [0, 0.05) is 11.6 Å². The van der Waals surface area contributed by atoms with E-state index in [-0.39, 0.29) is 6.61 Å². The number of carboxylic acids is 1. The highest BCUT2D eigenvalue weighted by Crippen LogP contribution is 2.24. The minimum Gasteiger partial charge on any atom is -0.480 e. The summed E-state index contributed by atoms with van der Waals surface area (Å²) in [5.74, 6) is -4.11. The minimum atomic E-state index is -1.40. The van der Waals surface area contributed by atoms with Crippen LogP contribution in [0.15, 0.2) is 23.7 Å². The molecule has 1 aromatic carbocycles. The molecule has 0 aliphatic rings. The topological polar surface area (TPSA) is 59.4 Å². The second kappa shape index (κ2) is 5.09. The second-order valence-corrected chi connectivity index (χ2v) is 4.27. The van der Waals surface area contributed by atoms with Gasteiger partial charge in [0.15, 0.2) is 17.4 Å². The fourth-order valence-electron chi connectivity index (χ4n) is 1.28. The van der Waals surface area contributed by atoms with Crippen LogP contribution in [0.3, 0.4) is 0 Å². The molecule has 2 rings (SSSR count). The van der Waals surface area contributed by atoms with E-state index in [0.717, 1.165) is 0 Å². The van der Waals surface area contributed by atoms with Gasteiger partial charge in [-0.3, -0.25) is 0 Å². The zero-order chi connectivity index (χ0) is 13.1. The van der Waals surface area contributed by atoms with E-state index in [1.54, 1.807) is 11.6 Å². The molecule has 7 heteroatoms. The van der Waals surface area contributed by atoms with Crippen molar-refractivity contribution in [1.82, 2.24) is 4.98 Å². The van der Waals surface area contributed by atoms with Gasteiger partial charge in [0.1, 0.15) is 11.6 Å². The lowest BCUT2D eigenvalue weighted by molar-refractivity contribution is 0.0695. The molecule has 0 aliphatic heterocycles. The molecular formula is C11H7F2NO3S. The summed E-state index contributed by atoms with van der Waals surface area (Å²) < 4.78 is 31.9. The molecule has 0 saturated carbocycles. The molecule has 0 amide bonds. The molecule has 0 fully saturated rings. The molecule has 1 heterocycles. The van der Waals surface area contributed by atoms with Crippen LogP contribution in [0.2, 0.25) is 0 Å². The Labute approximate surface area is 104 Å². The third-order valence-electron chi connectivity index (χ3n) is 2.07. The van der Waals surface area contributed by atoms with Crippen molar-refractivity contribution in [2.45, 2.75) is 6.61 Å². The molecule has 0 radical (unpaired) electrons. The maximum absolute atomic E-state index is 13.5. The first-order valence-corrected chi connectivity index (χ1v) is 5.69. The molecule has 0 unspecified atom stereocenters. The van der Waals surface area contributed by atoms with Crippen LogP contribution in [0.5, 0.6) is 5.75 Å². The van der Waals surface area contributed by atoms with Crippen LogP contribution >= 0.6 is 11.3 Å². The van der Waals surface area contributed by atoms with Gasteiger partial charge in [0.25, 0.3) is 0 Å². The van der Waals surface area contributed by atoms with Crippen LogP contribution in [0.4, 0.5) is 8.78 Å². The molecule has 0 saturated heterocycles. The Morgan fingerprint density at radius 1 is 1.39 bits per heavy atom. The largest absolute Gasteiger partial charge is 0.480 e. The van der Waals surface area contributed by atoms with Crippen LogP contribution in [-0.4, -0.2) is 16.1 Å². The Kier molecular flexibility index (Phi) is 3.52. The SMILES string of the molecule is O=C(O)c1cc(F)c(OCc2nccs2)c(F)c1. The van der Waals surface area contributed by atoms with Crippen LogP contribution in [0.25, 0.3) is 0 Å². The van der Waals surface area contributed by atoms with Crippen LogP contribution in [0.1, 0.15) is 15.4 Å². The van der Waals surface area contributed by atoms with Crippen molar-refractivity contribution in [3.63, 3.8) is 0 Å². The summed E-state index contributed by atoms with van der Waals surface area (Å²) in [6, 6.07) is 1.42. The number of thiazole rings is 1.